The number of nitrogens with one attached hydrogen (secondary N) is 1. The van der Waals surface area contributed by atoms with Crippen molar-refractivity contribution < 1.29 is 4.74 Å². The minimum absolute atomic E-state index is 0.684. The van der Waals surface area contributed by atoms with Crippen LogP contribution in [-0.4, -0.2) is 17.1 Å². The van der Waals surface area contributed by atoms with E-state index >= 15 is 0 Å². The minimum atomic E-state index is 0.684. The van der Waals surface area contributed by atoms with Crippen LogP contribution in [0.5, 0.6) is 5.75 Å². The van der Waals surface area contributed by atoms with Gasteiger partial charge in [-0.2, -0.15) is 0 Å². The molecule has 90 valence electrons. The zero-order chi connectivity index (χ0) is 12.5. The molecule has 0 radical (unpaired) electrons. The molecule has 18 heavy (non-hydrogen) atoms. The third-order valence-corrected chi connectivity index (χ3v) is 3.15. The summed E-state index contributed by atoms with van der Waals surface area (Å²) in [5, 5.41) is 0.684. The smallest absolute Gasteiger partial charge is 0.139 e. The van der Waals surface area contributed by atoms with Gasteiger partial charge in [0.25, 0.3) is 0 Å². The van der Waals surface area contributed by atoms with Crippen molar-refractivity contribution in [2.75, 3.05) is 7.11 Å². The molecule has 2 aromatic carbocycles. The summed E-state index contributed by atoms with van der Waals surface area (Å²) < 4.78 is 5.19. The number of halogens is 1. The fraction of sp³-hybridized carbons (Fsp3) is 0.0714. The Morgan fingerprint density at radius 1 is 1.17 bits per heavy atom. The Hall–Kier alpha value is -2.00. The molecule has 3 rings (SSSR count). The summed E-state index contributed by atoms with van der Waals surface area (Å²) in [7, 11) is 1.65. The maximum atomic E-state index is 6.16. The van der Waals surface area contributed by atoms with Gasteiger partial charge in [0.15, 0.2) is 0 Å². The lowest BCUT2D eigenvalue weighted by Gasteiger charge is -1.98. The predicted octanol–water partition coefficient (Wildman–Crippen LogP) is 3.89. The number of benzene rings is 2. The van der Waals surface area contributed by atoms with E-state index in [4.69, 9.17) is 16.3 Å². The number of aromatic amines is 1. The van der Waals surface area contributed by atoms with Gasteiger partial charge < -0.3 is 9.72 Å². The summed E-state index contributed by atoms with van der Waals surface area (Å²) in [4.78, 5) is 7.78. The van der Waals surface area contributed by atoms with Gasteiger partial charge in [-0.3, -0.25) is 0 Å². The second-order valence-electron chi connectivity index (χ2n) is 3.95. The normalized spacial score (nSPS) is 10.8. The lowest BCUT2D eigenvalue weighted by atomic mass is 10.2. The fourth-order valence-corrected chi connectivity index (χ4v) is 2.12. The molecule has 0 atom stereocenters. The van der Waals surface area contributed by atoms with Crippen LogP contribution in [0.15, 0.2) is 42.5 Å². The Labute approximate surface area is 109 Å². The van der Waals surface area contributed by atoms with E-state index in [1.807, 2.05) is 42.5 Å². The largest absolute Gasteiger partial charge is 0.497 e. The van der Waals surface area contributed by atoms with Gasteiger partial charge in [-0.15, -0.1) is 0 Å². The Morgan fingerprint density at radius 2 is 2.00 bits per heavy atom. The Bertz CT molecular complexity index is 706. The van der Waals surface area contributed by atoms with Crippen molar-refractivity contribution in [1.29, 1.82) is 0 Å². The first kappa shape index (κ1) is 11.1. The molecule has 0 saturated heterocycles. The van der Waals surface area contributed by atoms with Crippen molar-refractivity contribution in [3.8, 4) is 17.1 Å². The number of H-pyrrole nitrogens is 1. The molecule has 0 fully saturated rings. The predicted molar refractivity (Wildman–Crippen MR) is 73.1 cm³/mol. The molecule has 3 nitrogen and oxygen atoms in total. The molecule has 0 spiro atoms. The zero-order valence-electron chi connectivity index (χ0n) is 9.77. The zero-order valence-corrected chi connectivity index (χ0v) is 10.5. The number of methoxy groups -OCH3 is 1. The summed E-state index contributed by atoms with van der Waals surface area (Å²) in [6, 6.07) is 13.4. The summed E-state index contributed by atoms with van der Waals surface area (Å²) in [6.07, 6.45) is 0. The molecule has 1 heterocycles. The van der Waals surface area contributed by atoms with Gasteiger partial charge >= 0.3 is 0 Å². The van der Waals surface area contributed by atoms with Crippen molar-refractivity contribution in [2.45, 2.75) is 0 Å². The lowest BCUT2D eigenvalue weighted by molar-refractivity contribution is 0.415. The van der Waals surface area contributed by atoms with E-state index in [0.29, 0.717) is 5.02 Å². The molecule has 4 heteroatoms. The second-order valence-corrected chi connectivity index (χ2v) is 4.36. The number of hydrogen-bond donors (Lipinski definition) is 1. The third-order valence-electron chi connectivity index (χ3n) is 2.82. The highest BCUT2D eigenvalue weighted by atomic mass is 35.5. The van der Waals surface area contributed by atoms with E-state index < -0.39 is 0 Å². The van der Waals surface area contributed by atoms with Crippen LogP contribution in [0.3, 0.4) is 0 Å². The van der Waals surface area contributed by atoms with E-state index in [1.165, 1.54) is 0 Å². The molecular formula is C14H11ClN2O. The van der Waals surface area contributed by atoms with Gasteiger partial charge in [-0.05, 0) is 24.3 Å². The molecule has 0 aliphatic carbocycles. The first-order chi connectivity index (χ1) is 8.78. The fourth-order valence-electron chi connectivity index (χ4n) is 1.90. The first-order valence-corrected chi connectivity index (χ1v) is 5.94. The molecule has 0 saturated carbocycles. The van der Waals surface area contributed by atoms with Crippen LogP contribution < -0.4 is 4.74 Å². The summed E-state index contributed by atoms with van der Waals surface area (Å²) in [5.41, 5.74) is 2.73. The summed E-state index contributed by atoms with van der Waals surface area (Å²) in [5.74, 6) is 1.57. The summed E-state index contributed by atoms with van der Waals surface area (Å²) >= 11 is 6.16. The Kier molecular flexibility index (Phi) is 2.68. The van der Waals surface area contributed by atoms with Crippen molar-refractivity contribution in [1.82, 2.24) is 9.97 Å². The van der Waals surface area contributed by atoms with Gasteiger partial charge in [-0.25, -0.2) is 4.98 Å². The van der Waals surface area contributed by atoms with E-state index in [-0.39, 0.29) is 0 Å². The average Bonchev–Trinajstić information content (AvgIpc) is 2.81. The van der Waals surface area contributed by atoms with Crippen LogP contribution in [0.25, 0.3) is 22.4 Å². The topological polar surface area (TPSA) is 37.9 Å². The number of fused-ring (bicyclic) bond motifs is 1. The van der Waals surface area contributed by atoms with Crippen LogP contribution in [0, 0.1) is 0 Å². The highest BCUT2D eigenvalue weighted by Crippen LogP contribution is 2.28. The first-order valence-electron chi connectivity index (χ1n) is 5.56. The number of nitrogens with zero attached hydrogens (tertiary/aromatic N) is 1. The van der Waals surface area contributed by atoms with Gasteiger partial charge in [0.05, 0.1) is 23.2 Å². The van der Waals surface area contributed by atoms with Crippen LogP contribution in [0.4, 0.5) is 0 Å². The standard InChI is InChI=1S/C14H11ClN2O/c1-18-9-6-7-12-13(8-9)17-14(16-12)10-4-2-3-5-11(10)15/h2-8H,1H3,(H,16,17). The molecule has 0 aliphatic rings. The van der Waals surface area contributed by atoms with Crippen molar-refractivity contribution in [3.63, 3.8) is 0 Å². The van der Waals surface area contributed by atoms with E-state index in [9.17, 15) is 0 Å². The number of hydrogen-bond acceptors (Lipinski definition) is 2. The van der Waals surface area contributed by atoms with Crippen LogP contribution in [-0.2, 0) is 0 Å². The second kappa shape index (κ2) is 4.35. The van der Waals surface area contributed by atoms with Crippen molar-refractivity contribution >= 4 is 22.6 Å². The molecule has 1 N–H and O–H groups in total. The Morgan fingerprint density at radius 3 is 2.78 bits per heavy atom. The van der Waals surface area contributed by atoms with Gasteiger partial charge in [0.1, 0.15) is 11.6 Å². The molecule has 1 aromatic heterocycles. The number of aromatic nitrogens is 2. The quantitative estimate of drug-likeness (QED) is 0.757. The molecule has 0 bridgehead atoms. The van der Waals surface area contributed by atoms with Crippen molar-refractivity contribution in [3.05, 3.63) is 47.5 Å². The van der Waals surface area contributed by atoms with Crippen molar-refractivity contribution in [2.24, 2.45) is 0 Å². The van der Waals surface area contributed by atoms with Gasteiger partial charge in [0, 0.05) is 11.6 Å². The van der Waals surface area contributed by atoms with E-state index in [2.05, 4.69) is 9.97 Å². The van der Waals surface area contributed by atoms with Gasteiger partial charge in [-0.1, -0.05) is 23.7 Å². The van der Waals surface area contributed by atoms with E-state index in [0.717, 1.165) is 28.2 Å². The average molecular weight is 259 g/mol. The van der Waals surface area contributed by atoms with Crippen LogP contribution >= 0.6 is 11.6 Å². The third kappa shape index (κ3) is 1.83. The highest BCUT2D eigenvalue weighted by Gasteiger charge is 2.08. The molecular weight excluding hydrogens is 248 g/mol. The molecule has 0 unspecified atom stereocenters. The SMILES string of the molecule is COc1ccc2nc(-c3ccccc3Cl)[nH]c2c1. The molecule has 0 amide bonds. The van der Waals surface area contributed by atoms with Crippen LogP contribution in [0.1, 0.15) is 0 Å². The van der Waals surface area contributed by atoms with Crippen LogP contribution in [0.2, 0.25) is 5.02 Å². The molecule has 0 aliphatic heterocycles. The highest BCUT2D eigenvalue weighted by molar-refractivity contribution is 6.33. The molecule has 3 aromatic rings. The summed E-state index contributed by atoms with van der Waals surface area (Å²) in [6.45, 7) is 0. The van der Waals surface area contributed by atoms with Gasteiger partial charge in [0.2, 0.25) is 0 Å². The van der Waals surface area contributed by atoms with E-state index in [1.54, 1.807) is 7.11 Å². The Balaban J connectivity index is 2.17. The maximum absolute atomic E-state index is 6.16. The number of rotatable bonds is 2. The monoisotopic (exact) mass is 258 g/mol. The lowest BCUT2D eigenvalue weighted by Crippen LogP contribution is -1.81. The number of ether oxygens (including phenoxy) is 1. The minimum Gasteiger partial charge on any atom is -0.497 e. The number of imidazole rings is 1. The maximum Gasteiger partial charge on any atom is 0.139 e.